The topological polar surface area (TPSA) is 134 Å². The summed E-state index contributed by atoms with van der Waals surface area (Å²) in [6.07, 6.45) is 12.6. The van der Waals surface area contributed by atoms with Crippen molar-refractivity contribution in [3.05, 3.63) is 71.3 Å². The summed E-state index contributed by atoms with van der Waals surface area (Å²) >= 11 is 0. The van der Waals surface area contributed by atoms with Gasteiger partial charge in [0.05, 0.1) is 10.8 Å². The minimum atomic E-state index is -2.26. The summed E-state index contributed by atoms with van der Waals surface area (Å²) < 4.78 is 12.5. The van der Waals surface area contributed by atoms with Crippen LogP contribution in [0.1, 0.15) is 41.5 Å². The van der Waals surface area contributed by atoms with Crippen LogP contribution in [0.5, 0.6) is 0 Å². The smallest absolute Gasteiger partial charge is 0.210 e. The van der Waals surface area contributed by atoms with E-state index in [2.05, 4.69) is 0 Å². The van der Waals surface area contributed by atoms with Crippen molar-refractivity contribution in [3.63, 3.8) is 0 Å². The van der Waals surface area contributed by atoms with Gasteiger partial charge < -0.3 is 29.9 Å². The molecule has 0 aromatic carbocycles. The standard InChI is InChI=1S/C28H32O8/c1-7-9-11-13-15(29)17-19-23(3)22(32)18(16(30)14-12-10-8-2)20-24(4,21(17)31)28(34)25(19,5)35-27(23,33)26(20,6)36-28/h7-14,19-20,29-30,33-34H,1-6H3/b9-7-,10-8+,13-11+,14-12-,17-15?,18-16?/t19-,20-,23-,24-,25+,26+,27-,28-/m1/s1. The maximum absolute atomic E-state index is 14.3. The highest BCUT2D eigenvalue weighted by Crippen LogP contribution is 2.83. The number of aliphatic hydroxyl groups excluding tert-OH is 2. The molecule has 3 aliphatic carbocycles. The van der Waals surface area contributed by atoms with E-state index in [0.717, 1.165) is 0 Å². The van der Waals surface area contributed by atoms with E-state index in [4.69, 9.17) is 9.47 Å². The van der Waals surface area contributed by atoms with Gasteiger partial charge in [-0.3, -0.25) is 9.59 Å². The largest absolute Gasteiger partial charge is 0.508 e. The Morgan fingerprint density at radius 2 is 1.03 bits per heavy atom. The molecule has 8 atom stereocenters. The van der Waals surface area contributed by atoms with E-state index < -0.39 is 57.0 Å². The number of carbonyl (C=O) groups is 2. The molecule has 8 heteroatoms. The zero-order valence-corrected chi connectivity index (χ0v) is 21.2. The summed E-state index contributed by atoms with van der Waals surface area (Å²) in [5.41, 5.74) is -7.52. The van der Waals surface area contributed by atoms with Gasteiger partial charge in [0.1, 0.15) is 22.7 Å². The molecule has 5 aliphatic rings. The first kappa shape index (κ1) is 24.9. The van der Waals surface area contributed by atoms with Crippen LogP contribution in [0.2, 0.25) is 0 Å². The fourth-order valence-corrected chi connectivity index (χ4v) is 7.94. The Labute approximate surface area is 209 Å². The van der Waals surface area contributed by atoms with Gasteiger partial charge in [-0.2, -0.15) is 0 Å². The zero-order valence-electron chi connectivity index (χ0n) is 21.2. The summed E-state index contributed by atoms with van der Waals surface area (Å²) in [7, 11) is 0. The molecule has 0 aromatic rings. The van der Waals surface area contributed by atoms with Crippen molar-refractivity contribution in [1.29, 1.82) is 0 Å². The molecule has 2 aliphatic heterocycles. The van der Waals surface area contributed by atoms with Crippen LogP contribution in [0.4, 0.5) is 0 Å². The average Bonchev–Trinajstić information content (AvgIpc) is 3.12. The molecule has 8 bridgehead atoms. The van der Waals surface area contributed by atoms with Gasteiger partial charge in [-0.15, -0.1) is 0 Å². The third-order valence-electron chi connectivity index (χ3n) is 9.41. The van der Waals surface area contributed by atoms with Crippen LogP contribution in [0.3, 0.4) is 0 Å². The Hall–Kier alpha value is -2.78. The van der Waals surface area contributed by atoms with Gasteiger partial charge >= 0.3 is 0 Å². The Morgan fingerprint density at radius 3 is 1.33 bits per heavy atom. The number of hydrogen-bond donors (Lipinski definition) is 4. The van der Waals surface area contributed by atoms with Crippen molar-refractivity contribution in [2.24, 2.45) is 22.7 Å². The normalized spacial score (nSPS) is 51.8. The number of hydrogen-bond acceptors (Lipinski definition) is 8. The molecule has 4 N–H and O–H groups in total. The number of carbonyl (C=O) groups excluding carboxylic acids is 2. The summed E-state index contributed by atoms with van der Waals surface area (Å²) in [4.78, 5) is 28.7. The lowest BCUT2D eigenvalue weighted by Crippen LogP contribution is -2.74. The Morgan fingerprint density at radius 1 is 0.694 bits per heavy atom. The van der Waals surface area contributed by atoms with Gasteiger partial charge in [0.25, 0.3) is 0 Å². The van der Waals surface area contributed by atoms with Crippen molar-refractivity contribution >= 4 is 11.6 Å². The maximum Gasteiger partial charge on any atom is 0.210 e. The molecule has 0 unspecified atom stereocenters. The van der Waals surface area contributed by atoms with E-state index in [1.54, 1.807) is 50.3 Å². The maximum atomic E-state index is 14.3. The highest BCUT2D eigenvalue weighted by Gasteiger charge is 2.99. The predicted molar refractivity (Wildman–Crippen MR) is 129 cm³/mol. The molecule has 2 heterocycles. The minimum Gasteiger partial charge on any atom is -0.508 e. The molecule has 0 spiro atoms. The van der Waals surface area contributed by atoms with Gasteiger partial charge in [-0.05, 0) is 53.7 Å². The molecular formula is C28H32O8. The molecule has 2 saturated heterocycles. The van der Waals surface area contributed by atoms with Crippen LogP contribution < -0.4 is 0 Å². The summed E-state index contributed by atoms with van der Waals surface area (Å²) in [6, 6.07) is 0. The summed E-state index contributed by atoms with van der Waals surface area (Å²) in [6.45, 7) is 9.48. The van der Waals surface area contributed by atoms with Gasteiger partial charge in [0, 0.05) is 23.0 Å². The second-order valence-corrected chi connectivity index (χ2v) is 11.0. The van der Waals surface area contributed by atoms with Crippen LogP contribution in [0, 0.1) is 22.7 Å². The van der Waals surface area contributed by atoms with Crippen LogP contribution in [0.25, 0.3) is 0 Å². The van der Waals surface area contributed by atoms with Crippen LogP contribution in [0.15, 0.2) is 71.3 Å². The number of ketones is 2. The fourth-order valence-electron chi connectivity index (χ4n) is 7.94. The van der Waals surface area contributed by atoms with E-state index in [0.29, 0.717) is 0 Å². The number of rotatable bonds is 4. The van der Waals surface area contributed by atoms with Gasteiger partial charge in [0.2, 0.25) is 11.6 Å². The highest BCUT2D eigenvalue weighted by atomic mass is 16.8. The Kier molecular flexibility index (Phi) is 4.81. The molecule has 8 nitrogen and oxygen atoms in total. The Balaban J connectivity index is 1.93. The summed E-state index contributed by atoms with van der Waals surface area (Å²) in [5.74, 6) is -9.12. The molecule has 0 amide bonds. The van der Waals surface area contributed by atoms with E-state index in [-0.39, 0.29) is 22.7 Å². The first-order valence-electron chi connectivity index (χ1n) is 12.1. The van der Waals surface area contributed by atoms with Crippen LogP contribution >= 0.6 is 0 Å². The lowest BCUT2D eigenvalue weighted by molar-refractivity contribution is -0.450. The third-order valence-corrected chi connectivity index (χ3v) is 9.41. The molecule has 5 rings (SSSR count). The molecule has 5 fully saturated rings. The second-order valence-electron chi connectivity index (χ2n) is 11.0. The van der Waals surface area contributed by atoms with Gasteiger partial charge in [-0.25, -0.2) is 0 Å². The zero-order chi connectivity index (χ0) is 26.7. The molecule has 3 saturated carbocycles. The highest BCUT2D eigenvalue weighted by molar-refractivity contribution is 6.13. The SMILES string of the molecule is C/C=C\C=C\C(O)=C1C(=O)[C@@]2(C)[C@H]3C(=C(O)/C=C\C=C\C)C(=O)[C@@]4(C)[C@@H]1[C@]1(C)O[C@@]4(O)[C@@]3(C)O[C@@]12O. The van der Waals surface area contributed by atoms with Crippen LogP contribution in [-0.2, 0) is 19.1 Å². The number of allylic oxidation sites excluding steroid dienone is 8. The average molecular weight is 497 g/mol. The van der Waals surface area contributed by atoms with Crippen LogP contribution in [-0.4, -0.2) is 54.8 Å². The summed E-state index contributed by atoms with van der Waals surface area (Å²) in [5, 5.41) is 46.6. The molecule has 0 aromatic heterocycles. The van der Waals surface area contributed by atoms with E-state index >= 15 is 0 Å². The quantitative estimate of drug-likeness (QED) is 0.265. The number of aliphatic hydroxyl groups is 4. The van der Waals surface area contributed by atoms with E-state index in [1.165, 1.54) is 39.8 Å². The van der Waals surface area contributed by atoms with Gasteiger partial charge in [0.15, 0.2) is 11.6 Å². The van der Waals surface area contributed by atoms with E-state index in [9.17, 15) is 30.0 Å². The number of ether oxygens (including phenoxy) is 2. The second kappa shape index (κ2) is 6.95. The van der Waals surface area contributed by atoms with Crippen molar-refractivity contribution < 1.29 is 39.5 Å². The van der Waals surface area contributed by atoms with Crippen molar-refractivity contribution in [2.45, 2.75) is 64.3 Å². The first-order chi connectivity index (χ1) is 16.7. The Bertz CT molecular complexity index is 1190. The molecule has 36 heavy (non-hydrogen) atoms. The number of Topliss-reactive ketones (excluding diaryl/α,β-unsaturated/α-hetero) is 2. The predicted octanol–water partition coefficient (Wildman–Crippen LogP) is 3.25. The van der Waals surface area contributed by atoms with Gasteiger partial charge in [-0.1, -0.05) is 36.5 Å². The minimum absolute atomic E-state index is 0.113. The molecular weight excluding hydrogens is 464 g/mol. The molecule has 192 valence electrons. The van der Waals surface area contributed by atoms with Crippen molar-refractivity contribution in [3.8, 4) is 0 Å². The fraction of sp³-hybridized carbons (Fsp3) is 0.500. The molecule has 0 radical (unpaired) electrons. The monoisotopic (exact) mass is 496 g/mol. The third kappa shape index (κ3) is 2.15. The lowest BCUT2D eigenvalue weighted by atomic mass is 9.39. The first-order valence-corrected chi connectivity index (χ1v) is 12.1. The van der Waals surface area contributed by atoms with Crippen molar-refractivity contribution in [2.75, 3.05) is 0 Å². The van der Waals surface area contributed by atoms with E-state index in [1.807, 2.05) is 0 Å². The van der Waals surface area contributed by atoms with Crippen molar-refractivity contribution in [1.82, 2.24) is 0 Å². The lowest BCUT2D eigenvalue weighted by Gasteiger charge is -2.58.